The number of hydrogen-bond acceptors (Lipinski definition) is 4. The lowest BCUT2D eigenvalue weighted by molar-refractivity contribution is -0.123. The second kappa shape index (κ2) is 7.13. The number of imide groups is 1. The molecule has 126 valence electrons. The molecule has 25 heavy (non-hydrogen) atoms. The van der Waals surface area contributed by atoms with Crippen molar-refractivity contribution in [2.45, 2.75) is 6.54 Å². The molecule has 0 unspecified atom stereocenters. The zero-order valence-electron chi connectivity index (χ0n) is 12.8. The monoisotopic (exact) mass is 373 g/mol. The smallest absolute Gasteiger partial charge is 0.335 e. The van der Waals surface area contributed by atoms with E-state index in [9.17, 15) is 14.4 Å². The molecule has 1 fully saturated rings. The van der Waals surface area contributed by atoms with Crippen molar-refractivity contribution in [1.29, 1.82) is 0 Å². The highest BCUT2D eigenvalue weighted by atomic mass is 35.5. The second-order valence-corrected chi connectivity index (χ2v) is 6.70. The number of carbonyl (C=O) groups excluding carboxylic acids is 2. The van der Waals surface area contributed by atoms with Crippen LogP contribution in [0.5, 0.6) is 0 Å². The van der Waals surface area contributed by atoms with Gasteiger partial charge in [0.1, 0.15) is 0 Å². The van der Waals surface area contributed by atoms with Crippen LogP contribution < -0.4 is 0 Å². The predicted molar refractivity (Wildman–Crippen MR) is 96.4 cm³/mol. The van der Waals surface area contributed by atoms with Crippen molar-refractivity contribution in [3.63, 3.8) is 0 Å². The van der Waals surface area contributed by atoms with Crippen LogP contribution in [0.3, 0.4) is 0 Å². The Bertz CT molecular complexity index is 909. The van der Waals surface area contributed by atoms with Crippen LogP contribution in [0.25, 0.3) is 6.08 Å². The number of aromatic carboxylic acids is 1. The van der Waals surface area contributed by atoms with Crippen LogP contribution in [0.2, 0.25) is 5.02 Å². The van der Waals surface area contributed by atoms with E-state index >= 15 is 0 Å². The first kappa shape index (κ1) is 17.3. The van der Waals surface area contributed by atoms with Gasteiger partial charge in [0.2, 0.25) is 0 Å². The van der Waals surface area contributed by atoms with Crippen molar-refractivity contribution in [2.75, 3.05) is 0 Å². The Morgan fingerprint density at radius 1 is 1.16 bits per heavy atom. The molecule has 0 saturated carbocycles. The van der Waals surface area contributed by atoms with Crippen LogP contribution in [0, 0.1) is 0 Å². The number of halogens is 1. The normalized spacial score (nSPS) is 15.9. The summed E-state index contributed by atoms with van der Waals surface area (Å²) in [7, 11) is 0. The summed E-state index contributed by atoms with van der Waals surface area (Å²) in [6, 6.07) is 13.2. The topological polar surface area (TPSA) is 74.7 Å². The molecule has 0 bridgehead atoms. The van der Waals surface area contributed by atoms with E-state index in [1.807, 2.05) is 0 Å². The Morgan fingerprint density at radius 3 is 2.64 bits per heavy atom. The van der Waals surface area contributed by atoms with E-state index in [1.165, 1.54) is 12.1 Å². The van der Waals surface area contributed by atoms with Gasteiger partial charge in [0.15, 0.2) is 0 Å². The Hall–Kier alpha value is -2.57. The lowest BCUT2D eigenvalue weighted by atomic mass is 10.1. The summed E-state index contributed by atoms with van der Waals surface area (Å²) in [5.41, 5.74) is 1.33. The highest BCUT2D eigenvalue weighted by molar-refractivity contribution is 8.18. The summed E-state index contributed by atoms with van der Waals surface area (Å²) in [6.07, 6.45) is 1.58. The summed E-state index contributed by atoms with van der Waals surface area (Å²) in [4.78, 5) is 37.1. The van der Waals surface area contributed by atoms with Gasteiger partial charge in [-0.05, 0) is 47.2 Å². The minimum absolute atomic E-state index is 0.0195. The zero-order valence-corrected chi connectivity index (χ0v) is 14.4. The van der Waals surface area contributed by atoms with Crippen molar-refractivity contribution in [2.24, 2.45) is 0 Å². The fourth-order valence-electron chi connectivity index (χ4n) is 2.35. The van der Waals surface area contributed by atoms with Gasteiger partial charge in [-0.25, -0.2) is 4.79 Å². The average Bonchev–Trinajstić information content (AvgIpc) is 2.85. The van der Waals surface area contributed by atoms with E-state index in [1.54, 1.807) is 42.5 Å². The predicted octanol–water partition coefficient (Wildman–Crippen LogP) is 4.27. The van der Waals surface area contributed by atoms with Crippen molar-refractivity contribution in [3.05, 3.63) is 75.1 Å². The number of carboxylic acids is 1. The van der Waals surface area contributed by atoms with E-state index in [0.717, 1.165) is 16.7 Å². The van der Waals surface area contributed by atoms with E-state index in [-0.39, 0.29) is 17.0 Å². The van der Waals surface area contributed by atoms with Crippen LogP contribution in [-0.2, 0) is 11.3 Å². The Labute approximate surface area is 152 Å². The Balaban J connectivity index is 1.84. The molecule has 2 aromatic carbocycles. The van der Waals surface area contributed by atoms with Gasteiger partial charge in [-0.3, -0.25) is 14.5 Å². The molecule has 1 N–H and O–H groups in total. The van der Waals surface area contributed by atoms with Crippen LogP contribution in [-0.4, -0.2) is 27.1 Å². The molecule has 1 saturated heterocycles. The maximum atomic E-state index is 12.5. The van der Waals surface area contributed by atoms with Gasteiger partial charge in [0.05, 0.1) is 17.0 Å². The van der Waals surface area contributed by atoms with Gasteiger partial charge in [-0.1, -0.05) is 41.9 Å². The molecule has 5 nitrogen and oxygen atoms in total. The number of carbonyl (C=O) groups is 3. The Morgan fingerprint density at radius 2 is 1.92 bits per heavy atom. The molecule has 1 aliphatic heterocycles. The summed E-state index contributed by atoms with van der Waals surface area (Å²) in [5.74, 6) is -1.48. The molecule has 1 aliphatic rings. The van der Waals surface area contributed by atoms with Crippen molar-refractivity contribution < 1.29 is 19.5 Å². The average molecular weight is 374 g/mol. The number of benzene rings is 2. The van der Waals surface area contributed by atoms with Gasteiger partial charge < -0.3 is 5.11 Å². The van der Waals surface area contributed by atoms with E-state index in [4.69, 9.17) is 16.7 Å². The van der Waals surface area contributed by atoms with E-state index < -0.39 is 17.1 Å². The third kappa shape index (κ3) is 3.75. The first-order valence-corrected chi connectivity index (χ1v) is 8.47. The fourth-order valence-corrected chi connectivity index (χ4v) is 3.37. The molecule has 3 rings (SSSR count). The zero-order chi connectivity index (χ0) is 18.0. The molecule has 0 spiro atoms. The Kier molecular flexibility index (Phi) is 4.92. The van der Waals surface area contributed by atoms with Crippen LogP contribution >= 0.6 is 23.4 Å². The minimum atomic E-state index is -1.06. The first-order valence-electron chi connectivity index (χ1n) is 7.28. The quantitative estimate of drug-likeness (QED) is 0.810. The molecular weight excluding hydrogens is 362 g/mol. The number of carboxylic acid groups (broad SMARTS) is 1. The van der Waals surface area contributed by atoms with Crippen molar-refractivity contribution in [1.82, 2.24) is 4.90 Å². The largest absolute Gasteiger partial charge is 0.478 e. The molecule has 0 aliphatic carbocycles. The van der Waals surface area contributed by atoms with Crippen LogP contribution in [0.15, 0.2) is 53.4 Å². The molecule has 0 atom stereocenters. The van der Waals surface area contributed by atoms with Crippen molar-refractivity contribution in [3.8, 4) is 0 Å². The van der Waals surface area contributed by atoms with Crippen LogP contribution in [0.1, 0.15) is 21.5 Å². The van der Waals surface area contributed by atoms with Gasteiger partial charge in [-0.2, -0.15) is 0 Å². The highest BCUT2D eigenvalue weighted by Crippen LogP contribution is 2.34. The highest BCUT2D eigenvalue weighted by Gasteiger charge is 2.35. The number of amides is 2. The van der Waals surface area contributed by atoms with Gasteiger partial charge >= 0.3 is 5.97 Å². The summed E-state index contributed by atoms with van der Waals surface area (Å²) < 4.78 is 0. The molecule has 0 aromatic heterocycles. The molecule has 1 heterocycles. The molecule has 7 heteroatoms. The van der Waals surface area contributed by atoms with Crippen molar-refractivity contribution >= 4 is 46.6 Å². The molecule has 2 aromatic rings. The van der Waals surface area contributed by atoms with Gasteiger partial charge in [0, 0.05) is 5.02 Å². The third-order valence-electron chi connectivity index (χ3n) is 3.58. The molecular formula is C18H12ClNO4S. The number of hydrogen-bond donors (Lipinski definition) is 1. The van der Waals surface area contributed by atoms with Gasteiger partial charge in [0.25, 0.3) is 11.1 Å². The second-order valence-electron chi connectivity index (χ2n) is 5.29. The summed E-state index contributed by atoms with van der Waals surface area (Å²) in [6.45, 7) is 0.0195. The molecule has 2 amide bonds. The van der Waals surface area contributed by atoms with Crippen LogP contribution in [0.4, 0.5) is 4.79 Å². The number of nitrogens with zero attached hydrogens (tertiary/aromatic N) is 1. The van der Waals surface area contributed by atoms with E-state index in [2.05, 4.69) is 0 Å². The first-order chi connectivity index (χ1) is 12.0. The maximum absolute atomic E-state index is 12.5. The fraction of sp³-hybridized carbons (Fsp3) is 0.0556. The lowest BCUT2D eigenvalue weighted by Gasteiger charge is -2.12. The maximum Gasteiger partial charge on any atom is 0.335 e. The standard InChI is InChI=1S/C18H12ClNO4S/c19-14-7-2-1-5-12(14)9-15-16(21)20(18(24)25-15)10-11-4-3-6-13(8-11)17(22)23/h1-9H,10H2,(H,22,23)/b15-9-. The number of rotatable bonds is 4. The summed E-state index contributed by atoms with van der Waals surface area (Å²) in [5, 5.41) is 9.12. The van der Waals surface area contributed by atoms with Gasteiger partial charge in [-0.15, -0.1) is 0 Å². The summed E-state index contributed by atoms with van der Waals surface area (Å²) >= 11 is 6.92. The SMILES string of the molecule is O=C(O)c1cccc(CN2C(=O)S/C(=C\c3ccccc3Cl)C2=O)c1. The minimum Gasteiger partial charge on any atom is -0.478 e. The van der Waals surface area contributed by atoms with E-state index in [0.29, 0.717) is 16.1 Å². The lowest BCUT2D eigenvalue weighted by Crippen LogP contribution is -2.27. The number of thioether (sulfide) groups is 1. The molecule has 0 radical (unpaired) electrons. The third-order valence-corrected chi connectivity index (χ3v) is 4.83.